The number of nitrogens with one attached hydrogen (secondary N) is 1. The Morgan fingerprint density at radius 2 is 1.74 bits per heavy atom. The van der Waals surface area contributed by atoms with Gasteiger partial charge in [0.1, 0.15) is 5.76 Å². The molecule has 2 aromatic carbocycles. The van der Waals surface area contributed by atoms with Crippen molar-refractivity contribution < 1.29 is 14.0 Å². The number of anilines is 2. The molecule has 1 fully saturated rings. The van der Waals surface area contributed by atoms with E-state index in [4.69, 9.17) is 16.0 Å². The van der Waals surface area contributed by atoms with Gasteiger partial charge in [0, 0.05) is 43.5 Å². The molecule has 31 heavy (non-hydrogen) atoms. The molecule has 2 amide bonds. The molecule has 0 unspecified atom stereocenters. The predicted molar refractivity (Wildman–Crippen MR) is 122 cm³/mol. The van der Waals surface area contributed by atoms with Crippen LogP contribution in [0.1, 0.15) is 16.1 Å². The fourth-order valence-corrected chi connectivity index (χ4v) is 3.78. The second-order valence-electron chi connectivity index (χ2n) is 7.15. The number of hydrogen-bond acceptors (Lipinski definition) is 4. The molecule has 0 aliphatic carbocycles. The minimum atomic E-state index is -0.270. The summed E-state index contributed by atoms with van der Waals surface area (Å²) < 4.78 is 5.17. The summed E-state index contributed by atoms with van der Waals surface area (Å²) >= 11 is 6.49. The molecular formula is C24H22ClN3O3. The predicted octanol–water partition coefficient (Wildman–Crippen LogP) is 4.55. The Balaban J connectivity index is 1.34. The molecular weight excluding hydrogens is 414 g/mol. The number of halogens is 1. The first-order valence-corrected chi connectivity index (χ1v) is 10.4. The maximum atomic E-state index is 12.6. The summed E-state index contributed by atoms with van der Waals surface area (Å²) in [6, 6.07) is 18.3. The van der Waals surface area contributed by atoms with Gasteiger partial charge in [-0.1, -0.05) is 29.8 Å². The number of carbonyl (C=O) groups excluding carboxylic acids is 2. The van der Waals surface area contributed by atoms with Crippen LogP contribution in [-0.2, 0) is 4.79 Å². The summed E-state index contributed by atoms with van der Waals surface area (Å²) in [5.74, 6) is 0.383. The molecule has 0 spiro atoms. The van der Waals surface area contributed by atoms with Crippen molar-refractivity contribution in [1.29, 1.82) is 0 Å². The monoisotopic (exact) mass is 435 g/mol. The van der Waals surface area contributed by atoms with E-state index in [-0.39, 0.29) is 11.8 Å². The molecule has 6 nitrogen and oxygen atoms in total. The smallest absolute Gasteiger partial charge is 0.253 e. The first-order valence-electron chi connectivity index (χ1n) is 10.0. The highest BCUT2D eigenvalue weighted by atomic mass is 35.5. The number of hydrogen-bond donors (Lipinski definition) is 1. The molecule has 0 atom stereocenters. The Morgan fingerprint density at radius 3 is 2.42 bits per heavy atom. The number of carbonyl (C=O) groups is 2. The highest BCUT2D eigenvalue weighted by molar-refractivity contribution is 6.33. The van der Waals surface area contributed by atoms with Crippen molar-refractivity contribution in [3.63, 3.8) is 0 Å². The molecule has 1 aromatic heterocycles. The third kappa shape index (κ3) is 5.16. The molecule has 1 aliphatic heterocycles. The van der Waals surface area contributed by atoms with E-state index in [0.717, 1.165) is 5.69 Å². The molecule has 0 radical (unpaired) electrons. The largest absolute Gasteiger partial charge is 0.465 e. The van der Waals surface area contributed by atoms with Crippen molar-refractivity contribution in [3.8, 4) is 0 Å². The van der Waals surface area contributed by atoms with Gasteiger partial charge in [0.2, 0.25) is 5.91 Å². The molecule has 3 aromatic rings. The van der Waals surface area contributed by atoms with Crippen molar-refractivity contribution in [1.82, 2.24) is 4.90 Å². The molecule has 4 rings (SSSR count). The Hall–Kier alpha value is -3.51. The Morgan fingerprint density at radius 1 is 0.968 bits per heavy atom. The zero-order valence-electron chi connectivity index (χ0n) is 16.8. The van der Waals surface area contributed by atoms with E-state index >= 15 is 0 Å². The van der Waals surface area contributed by atoms with E-state index in [0.29, 0.717) is 48.2 Å². The van der Waals surface area contributed by atoms with Crippen molar-refractivity contribution in [2.24, 2.45) is 0 Å². The van der Waals surface area contributed by atoms with Gasteiger partial charge in [-0.2, -0.15) is 0 Å². The van der Waals surface area contributed by atoms with Crippen LogP contribution in [0.4, 0.5) is 11.4 Å². The zero-order valence-corrected chi connectivity index (χ0v) is 17.6. The van der Waals surface area contributed by atoms with Crippen LogP contribution in [0.5, 0.6) is 0 Å². The summed E-state index contributed by atoms with van der Waals surface area (Å²) in [6.07, 6.45) is 4.55. The minimum Gasteiger partial charge on any atom is -0.465 e. The van der Waals surface area contributed by atoms with Crippen molar-refractivity contribution in [2.75, 3.05) is 36.4 Å². The van der Waals surface area contributed by atoms with E-state index in [1.807, 2.05) is 47.4 Å². The third-order valence-electron chi connectivity index (χ3n) is 5.09. The fourth-order valence-electron chi connectivity index (χ4n) is 3.48. The normalized spacial score (nSPS) is 14.1. The lowest BCUT2D eigenvalue weighted by Gasteiger charge is -2.36. The van der Waals surface area contributed by atoms with Gasteiger partial charge in [-0.3, -0.25) is 9.59 Å². The molecule has 158 valence electrons. The summed E-state index contributed by atoms with van der Waals surface area (Å²) in [6.45, 7) is 2.63. The molecule has 1 aliphatic rings. The number of furan rings is 1. The van der Waals surface area contributed by atoms with E-state index in [1.54, 1.807) is 30.5 Å². The van der Waals surface area contributed by atoms with E-state index in [1.165, 1.54) is 6.08 Å². The minimum absolute atomic E-state index is 0.0482. The van der Waals surface area contributed by atoms with Gasteiger partial charge in [-0.25, -0.2) is 0 Å². The van der Waals surface area contributed by atoms with Crippen LogP contribution < -0.4 is 10.2 Å². The van der Waals surface area contributed by atoms with Gasteiger partial charge in [-0.15, -0.1) is 0 Å². The van der Waals surface area contributed by atoms with E-state index in [9.17, 15) is 9.59 Å². The highest BCUT2D eigenvalue weighted by Gasteiger charge is 2.23. The second-order valence-corrected chi connectivity index (χ2v) is 7.56. The topological polar surface area (TPSA) is 65.8 Å². The van der Waals surface area contributed by atoms with Crippen LogP contribution in [0.25, 0.3) is 6.08 Å². The standard InChI is InChI=1S/C24H22ClN3O3/c25-21-17-19(26-23(29)11-9-20-7-4-16-31-20)8-10-22(21)27-12-14-28(15-13-27)24(30)18-5-2-1-3-6-18/h1-11,16-17H,12-15H2,(H,26,29)/b11-9+. The number of rotatable bonds is 5. The highest BCUT2D eigenvalue weighted by Crippen LogP contribution is 2.30. The summed E-state index contributed by atoms with van der Waals surface area (Å²) in [5, 5.41) is 3.34. The van der Waals surface area contributed by atoms with E-state index in [2.05, 4.69) is 10.2 Å². The summed E-state index contributed by atoms with van der Waals surface area (Å²) in [5.41, 5.74) is 2.20. The zero-order chi connectivity index (χ0) is 21.6. The molecule has 0 bridgehead atoms. The lowest BCUT2D eigenvalue weighted by molar-refractivity contribution is -0.111. The Kier molecular flexibility index (Phi) is 6.38. The molecule has 1 saturated heterocycles. The molecule has 2 heterocycles. The van der Waals surface area contributed by atoms with Gasteiger partial charge in [0.05, 0.1) is 17.0 Å². The van der Waals surface area contributed by atoms with Gasteiger partial charge in [-0.05, 0) is 48.5 Å². The number of amides is 2. The molecule has 0 saturated carbocycles. The van der Waals surface area contributed by atoms with Crippen LogP contribution in [0.3, 0.4) is 0 Å². The third-order valence-corrected chi connectivity index (χ3v) is 5.39. The van der Waals surface area contributed by atoms with Crippen molar-refractivity contribution >= 4 is 40.9 Å². The van der Waals surface area contributed by atoms with Crippen molar-refractivity contribution in [2.45, 2.75) is 0 Å². The van der Waals surface area contributed by atoms with Gasteiger partial charge in [0.25, 0.3) is 5.91 Å². The van der Waals surface area contributed by atoms with Crippen LogP contribution in [0, 0.1) is 0 Å². The molecule has 7 heteroatoms. The first kappa shape index (κ1) is 20.8. The molecule has 1 N–H and O–H groups in total. The maximum Gasteiger partial charge on any atom is 0.253 e. The van der Waals surface area contributed by atoms with Gasteiger partial charge in [0.15, 0.2) is 0 Å². The fraction of sp³-hybridized carbons (Fsp3) is 0.167. The second kappa shape index (κ2) is 9.53. The Labute approximate surface area is 185 Å². The average molecular weight is 436 g/mol. The lowest BCUT2D eigenvalue weighted by Crippen LogP contribution is -2.48. The van der Waals surface area contributed by atoms with Gasteiger partial charge >= 0.3 is 0 Å². The van der Waals surface area contributed by atoms with Crippen LogP contribution in [0.2, 0.25) is 5.02 Å². The van der Waals surface area contributed by atoms with Crippen molar-refractivity contribution in [3.05, 3.63) is 89.3 Å². The van der Waals surface area contributed by atoms with E-state index < -0.39 is 0 Å². The Bertz CT molecular complexity index is 1070. The lowest BCUT2D eigenvalue weighted by atomic mass is 10.1. The number of piperazine rings is 1. The van der Waals surface area contributed by atoms with Crippen LogP contribution in [0.15, 0.2) is 77.4 Å². The number of nitrogens with zero attached hydrogens (tertiary/aromatic N) is 2. The number of benzene rings is 2. The summed E-state index contributed by atoms with van der Waals surface area (Å²) in [7, 11) is 0. The SMILES string of the molecule is O=C(/C=C/c1ccco1)Nc1ccc(N2CCN(C(=O)c3ccccc3)CC2)c(Cl)c1. The quantitative estimate of drug-likeness (QED) is 0.597. The average Bonchev–Trinajstić information content (AvgIpc) is 3.32. The van der Waals surface area contributed by atoms with Crippen LogP contribution >= 0.6 is 11.6 Å². The first-order chi connectivity index (χ1) is 15.1. The summed E-state index contributed by atoms with van der Waals surface area (Å²) in [4.78, 5) is 28.7. The van der Waals surface area contributed by atoms with Gasteiger partial charge < -0.3 is 19.5 Å². The maximum absolute atomic E-state index is 12.6. The van der Waals surface area contributed by atoms with Crippen LogP contribution in [-0.4, -0.2) is 42.9 Å².